The Kier molecular flexibility index (Phi) is 6.52. The molecule has 0 N–H and O–H groups in total. The van der Waals surface area contributed by atoms with Gasteiger partial charge in [-0.25, -0.2) is 4.39 Å². The Balaban J connectivity index is 1.47. The number of aryl methyl sites for hydroxylation is 2. The summed E-state index contributed by atoms with van der Waals surface area (Å²) >= 11 is 1.53. The average molecular weight is 434 g/mol. The van der Waals surface area contributed by atoms with Gasteiger partial charge >= 0.3 is 0 Å². The number of amides is 1. The van der Waals surface area contributed by atoms with E-state index in [0.717, 1.165) is 29.7 Å². The Morgan fingerprint density at radius 1 is 1.06 bits per heavy atom. The van der Waals surface area contributed by atoms with Gasteiger partial charge < -0.3 is 0 Å². The van der Waals surface area contributed by atoms with Crippen LogP contribution in [-0.2, 0) is 11.2 Å². The molecule has 0 bridgehead atoms. The van der Waals surface area contributed by atoms with Crippen LogP contribution in [0.5, 0.6) is 0 Å². The van der Waals surface area contributed by atoms with E-state index in [2.05, 4.69) is 12.1 Å². The van der Waals surface area contributed by atoms with Gasteiger partial charge in [-0.1, -0.05) is 42.5 Å². The molecule has 3 aromatic carbocycles. The van der Waals surface area contributed by atoms with Crippen LogP contribution in [0.25, 0.3) is 0 Å². The number of anilines is 1. The molecule has 0 saturated carbocycles. The van der Waals surface area contributed by atoms with E-state index in [1.54, 1.807) is 17.0 Å². The van der Waals surface area contributed by atoms with Crippen LogP contribution in [0.15, 0.2) is 72.8 Å². The number of hydrogen-bond donors (Lipinski definition) is 0. The standard InChI is InChI=1S/C26H24FNO2S/c1-18-16-21(24(29)9-5-8-19-6-3-2-4-7-19)12-15-23(18)28-25(30)17-31-26(28)20-10-13-22(27)14-11-20/h2-4,6-7,10-16,26H,5,8-9,17H2,1H3. The minimum absolute atomic E-state index is 0.0179. The third kappa shape index (κ3) is 4.88. The fourth-order valence-electron chi connectivity index (χ4n) is 3.90. The molecule has 31 heavy (non-hydrogen) atoms. The fraction of sp³-hybridized carbons (Fsp3) is 0.231. The molecule has 1 fully saturated rings. The Morgan fingerprint density at radius 3 is 2.52 bits per heavy atom. The number of halogens is 1. The molecule has 1 amide bonds. The monoisotopic (exact) mass is 433 g/mol. The lowest BCUT2D eigenvalue weighted by molar-refractivity contribution is -0.115. The van der Waals surface area contributed by atoms with Crippen molar-refractivity contribution in [3.05, 3.63) is 101 Å². The summed E-state index contributed by atoms with van der Waals surface area (Å²) in [5.74, 6) is 0.213. The molecule has 1 aliphatic heterocycles. The Morgan fingerprint density at radius 2 is 1.81 bits per heavy atom. The predicted octanol–water partition coefficient (Wildman–Crippen LogP) is 6.12. The zero-order chi connectivity index (χ0) is 21.8. The molecule has 1 saturated heterocycles. The third-order valence-corrected chi connectivity index (χ3v) is 6.73. The molecule has 1 heterocycles. The largest absolute Gasteiger partial charge is 0.295 e. The van der Waals surface area contributed by atoms with Crippen molar-refractivity contribution in [2.45, 2.75) is 31.6 Å². The maximum absolute atomic E-state index is 13.3. The van der Waals surface area contributed by atoms with Gasteiger partial charge in [0.25, 0.3) is 0 Å². The number of hydrogen-bond acceptors (Lipinski definition) is 3. The van der Waals surface area contributed by atoms with Gasteiger partial charge in [0.15, 0.2) is 5.78 Å². The molecule has 3 nitrogen and oxygen atoms in total. The van der Waals surface area contributed by atoms with Crippen LogP contribution in [0, 0.1) is 12.7 Å². The van der Waals surface area contributed by atoms with Crippen molar-refractivity contribution in [3.63, 3.8) is 0 Å². The number of benzene rings is 3. The number of carbonyl (C=O) groups is 2. The van der Waals surface area contributed by atoms with Crippen LogP contribution in [0.2, 0.25) is 0 Å². The molecule has 1 unspecified atom stereocenters. The molecule has 0 aromatic heterocycles. The lowest BCUT2D eigenvalue weighted by Gasteiger charge is -2.26. The second-order valence-corrected chi connectivity index (χ2v) is 8.81. The molecule has 0 aliphatic carbocycles. The Bertz CT molecular complexity index is 1080. The smallest absolute Gasteiger partial charge is 0.238 e. The summed E-state index contributed by atoms with van der Waals surface area (Å²) in [6, 6.07) is 22.0. The van der Waals surface area contributed by atoms with E-state index >= 15 is 0 Å². The zero-order valence-corrected chi connectivity index (χ0v) is 18.2. The first-order chi connectivity index (χ1) is 15.0. The summed E-state index contributed by atoms with van der Waals surface area (Å²) in [4.78, 5) is 27.1. The number of rotatable bonds is 7. The number of nitrogens with zero attached hydrogens (tertiary/aromatic N) is 1. The van der Waals surface area contributed by atoms with Gasteiger partial charge in [-0.15, -0.1) is 11.8 Å². The SMILES string of the molecule is Cc1cc(C(=O)CCCc2ccccc2)ccc1N1C(=O)CSC1c1ccc(F)cc1. The van der Waals surface area contributed by atoms with Crippen LogP contribution < -0.4 is 4.90 Å². The maximum Gasteiger partial charge on any atom is 0.238 e. The number of Topliss-reactive ketones (excluding diaryl/α,β-unsaturated/α-hetero) is 1. The van der Waals surface area contributed by atoms with Crippen molar-refractivity contribution in [3.8, 4) is 0 Å². The van der Waals surface area contributed by atoms with Crippen molar-refractivity contribution in [2.24, 2.45) is 0 Å². The zero-order valence-electron chi connectivity index (χ0n) is 17.4. The average Bonchev–Trinajstić information content (AvgIpc) is 3.16. The number of thioether (sulfide) groups is 1. The second-order valence-electron chi connectivity index (χ2n) is 7.74. The van der Waals surface area contributed by atoms with Crippen LogP contribution >= 0.6 is 11.8 Å². The highest BCUT2D eigenvalue weighted by molar-refractivity contribution is 8.00. The lowest BCUT2D eigenvalue weighted by Crippen LogP contribution is -2.28. The Hall–Kier alpha value is -2.92. The molecule has 1 atom stereocenters. The Labute approximate surface area is 186 Å². The van der Waals surface area contributed by atoms with E-state index in [-0.39, 0.29) is 22.9 Å². The molecular formula is C26H24FNO2S. The summed E-state index contributed by atoms with van der Waals surface area (Å²) < 4.78 is 13.3. The van der Waals surface area contributed by atoms with Crippen LogP contribution in [0.4, 0.5) is 10.1 Å². The van der Waals surface area contributed by atoms with Crippen LogP contribution in [-0.4, -0.2) is 17.4 Å². The molecule has 0 spiro atoms. The highest BCUT2D eigenvalue weighted by Gasteiger charge is 2.34. The normalized spacial score (nSPS) is 16.0. The van der Waals surface area contributed by atoms with Gasteiger partial charge in [-0.3, -0.25) is 14.5 Å². The minimum Gasteiger partial charge on any atom is -0.295 e. The first kappa shape index (κ1) is 21.3. The van der Waals surface area contributed by atoms with E-state index in [4.69, 9.17) is 0 Å². The first-order valence-electron chi connectivity index (χ1n) is 10.4. The van der Waals surface area contributed by atoms with E-state index in [1.165, 1.54) is 29.5 Å². The predicted molar refractivity (Wildman–Crippen MR) is 124 cm³/mol. The van der Waals surface area contributed by atoms with Gasteiger partial charge in [0.05, 0.1) is 5.75 Å². The summed E-state index contributed by atoms with van der Waals surface area (Å²) in [5, 5.41) is -0.195. The van der Waals surface area contributed by atoms with E-state index in [1.807, 2.05) is 43.3 Å². The maximum atomic E-state index is 13.3. The van der Waals surface area contributed by atoms with Crippen molar-refractivity contribution in [1.82, 2.24) is 0 Å². The molecular weight excluding hydrogens is 409 g/mol. The van der Waals surface area contributed by atoms with Gasteiger partial charge in [0.2, 0.25) is 5.91 Å². The fourth-order valence-corrected chi connectivity index (χ4v) is 5.07. The van der Waals surface area contributed by atoms with E-state index in [9.17, 15) is 14.0 Å². The van der Waals surface area contributed by atoms with Crippen molar-refractivity contribution >= 4 is 29.1 Å². The summed E-state index contributed by atoms with van der Waals surface area (Å²) in [5.41, 5.74) is 4.48. The van der Waals surface area contributed by atoms with Crippen molar-refractivity contribution in [2.75, 3.05) is 10.7 Å². The molecule has 1 aliphatic rings. The highest BCUT2D eigenvalue weighted by atomic mass is 32.2. The molecule has 158 valence electrons. The summed E-state index contributed by atoms with van der Waals surface area (Å²) in [7, 11) is 0. The minimum atomic E-state index is -0.295. The third-order valence-electron chi connectivity index (χ3n) is 5.51. The molecule has 0 radical (unpaired) electrons. The molecule has 4 rings (SSSR count). The summed E-state index contributed by atoms with van der Waals surface area (Å²) in [6.45, 7) is 1.92. The van der Waals surface area contributed by atoms with Gasteiger partial charge in [-0.2, -0.15) is 0 Å². The first-order valence-corrected chi connectivity index (χ1v) is 11.4. The van der Waals surface area contributed by atoms with Crippen LogP contribution in [0.1, 0.15) is 45.3 Å². The topological polar surface area (TPSA) is 37.4 Å². The van der Waals surface area contributed by atoms with Crippen LogP contribution in [0.3, 0.4) is 0 Å². The van der Waals surface area contributed by atoms with Gasteiger partial charge in [0, 0.05) is 17.7 Å². The van der Waals surface area contributed by atoms with Crippen molar-refractivity contribution < 1.29 is 14.0 Å². The van der Waals surface area contributed by atoms with E-state index < -0.39 is 0 Å². The lowest BCUT2D eigenvalue weighted by atomic mass is 10.00. The summed E-state index contributed by atoms with van der Waals surface area (Å²) in [6.07, 6.45) is 2.17. The van der Waals surface area contributed by atoms with Gasteiger partial charge in [0.1, 0.15) is 11.2 Å². The highest BCUT2D eigenvalue weighted by Crippen LogP contribution is 2.42. The molecule has 5 heteroatoms. The van der Waals surface area contributed by atoms with Crippen molar-refractivity contribution in [1.29, 1.82) is 0 Å². The second kappa shape index (κ2) is 9.48. The number of carbonyl (C=O) groups excluding carboxylic acids is 2. The number of ketones is 1. The van der Waals surface area contributed by atoms with E-state index in [0.29, 0.717) is 17.7 Å². The quantitative estimate of drug-likeness (QED) is 0.421. The molecule has 3 aromatic rings. The van der Waals surface area contributed by atoms with Gasteiger partial charge in [-0.05, 0) is 66.8 Å².